The van der Waals surface area contributed by atoms with Crippen LogP contribution in [0.25, 0.3) is 0 Å². The van der Waals surface area contributed by atoms with Gasteiger partial charge in [0.15, 0.2) is 0 Å². The predicted molar refractivity (Wildman–Crippen MR) is 116 cm³/mol. The van der Waals surface area contributed by atoms with Gasteiger partial charge in [0, 0.05) is 12.1 Å². The first-order valence-electron chi connectivity index (χ1n) is 9.89. The van der Waals surface area contributed by atoms with Gasteiger partial charge in [-0.2, -0.15) is 0 Å². The van der Waals surface area contributed by atoms with E-state index < -0.39 is 6.04 Å². The molecule has 2 aromatic rings. The van der Waals surface area contributed by atoms with Crippen LogP contribution in [0.15, 0.2) is 48.5 Å². The third kappa shape index (κ3) is 6.63. The van der Waals surface area contributed by atoms with E-state index >= 15 is 0 Å². The third-order valence-corrected chi connectivity index (χ3v) is 4.78. The van der Waals surface area contributed by atoms with Gasteiger partial charge in [0.2, 0.25) is 11.8 Å². The molecule has 0 aliphatic carbocycles. The first kappa shape index (κ1) is 22.5. The summed E-state index contributed by atoms with van der Waals surface area (Å²) >= 11 is 0. The molecule has 5 nitrogen and oxygen atoms in total. The highest BCUT2D eigenvalue weighted by Gasteiger charge is 2.28. The van der Waals surface area contributed by atoms with E-state index in [9.17, 15) is 9.59 Å². The van der Waals surface area contributed by atoms with Crippen molar-refractivity contribution in [3.8, 4) is 5.75 Å². The van der Waals surface area contributed by atoms with Crippen molar-refractivity contribution in [2.75, 3.05) is 7.11 Å². The van der Waals surface area contributed by atoms with E-state index in [1.807, 2.05) is 76.2 Å². The summed E-state index contributed by atoms with van der Waals surface area (Å²) in [6.07, 6.45) is 0.260. The van der Waals surface area contributed by atoms with Crippen molar-refractivity contribution in [1.29, 1.82) is 0 Å². The summed E-state index contributed by atoms with van der Waals surface area (Å²) in [5, 5.41) is 2.98. The molecular weight excluding hydrogens is 364 g/mol. The van der Waals surface area contributed by atoms with Gasteiger partial charge in [-0.25, -0.2) is 0 Å². The summed E-state index contributed by atoms with van der Waals surface area (Å²) in [4.78, 5) is 27.7. The topological polar surface area (TPSA) is 58.6 Å². The van der Waals surface area contributed by atoms with Crippen LogP contribution in [0.3, 0.4) is 0 Å². The molecule has 1 N–H and O–H groups in total. The number of aryl methyl sites for hydroxylation is 1. The van der Waals surface area contributed by atoms with Crippen molar-refractivity contribution in [2.24, 2.45) is 0 Å². The lowest BCUT2D eigenvalue weighted by Gasteiger charge is -2.31. The molecule has 0 radical (unpaired) electrons. The second-order valence-corrected chi connectivity index (χ2v) is 8.39. The van der Waals surface area contributed by atoms with Crippen LogP contribution in [-0.4, -0.2) is 35.4 Å². The number of hydrogen-bond acceptors (Lipinski definition) is 3. The number of benzene rings is 2. The molecule has 5 heteroatoms. The molecule has 0 fully saturated rings. The third-order valence-electron chi connectivity index (χ3n) is 4.78. The highest BCUT2D eigenvalue weighted by molar-refractivity contribution is 5.88. The number of ether oxygens (including phenoxy) is 1. The van der Waals surface area contributed by atoms with Gasteiger partial charge < -0.3 is 15.0 Å². The van der Waals surface area contributed by atoms with E-state index in [4.69, 9.17) is 4.74 Å². The Bertz CT molecular complexity index is 838. The molecule has 1 unspecified atom stereocenters. The smallest absolute Gasteiger partial charge is 0.242 e. The van der Waals surface area contributed by atoms with E-state index in [1.54, 1.807) is 18.9 Å². The maximum absolute atomic E-state index is 13.2. The molecule has 2 amide bonds. The molecule has 0 aliphatic heterocycles. The molecule has 2 aromatic carbocycles. The number of carbonyl (C=O) groups is 2. The molecule has 1 atom stereocenters. The highest BCUT2D eigenvalue weighted by Crippen LogP contribution is 2.17. The van der Waals surface area contributed by atoms with Crippen molar-refractivity contribution < 1.29 is 14.3 Å². The zero-order valence-electron chi connectivity index (χ0n) is 18.3. The molecular formula is C24H32N2O3. The van der Waals surface area contributed by atoms with Gasteiger partial charge in [0.05, 0.1) is 13.5 Å². The summed E-state index contributed by atoms with van der Waals surface area (Å²) < 4.78 is 5.21. The largest absolute Gasteiger partial charge is 0.497 e. The Labute approximate surface area is 174 Å². The normalized spacial score (nSPS) is 12.2. The van der Waals surface area contributed by atoms with Crippen LogP contribution >= 0.6 is 0 Å². The van der Waals surface area contributed by atoms with E-state index in [-0.39, 0.29) is 23.8 Å². The molecule has 0 aliphatic rings. The van der Waals surface area contributed by atoms with Crippen LogP contribution < -0.4 is 10.1 Å². The molecule has 29 heavy (non-hydrogen) atoms. The van der Waals surface area contributed by atoms with E-state index in [1.165, 1.54) is 0 Å². The fraction of sp³-hybridized carbons (Fsp3) is 0.417. The molecule has 0 bridgehead atoms. The number of nitrogens with zero attached hydrogens (tertiary/aromatic N) is 1. The number of nitrogens with one attached hydrogen (secondary N) is 1. The zero-order chi connectivity index (χ0) is 21.6. The SMILES string of the molecule is COc1ccc(CN(C(=O)Cc2ccccc2C)C(C)C(=O)NC(C)(C)C)cc1. The van der Waals surface area contributed by atoms with Gasteiger partial charge in [0.25, 0.3) is 0 Å². The van der Waals surface area contributed by atoms with Crippen LogP contribution in [0.5, 0.6) is 5.75 Å². The Morgan fingerprint density at radius 1 is 1.07 bits per heavy atom. The quantitative estimate of drug-likeness (QED) is 0.773. The average Bonchev–Trinajstić information content (AvgIpc) is 2.66. The maximum atomic E-state index is 13.2. The Hall–Kier alpha value is -2.82. The number of methoxy groups -OCH3 is 1. The summed E-state index contributed by atoms with van der Waals surface area (Å²) in [6, 6.07) is 14.8. The second-order valence-electron chi connectivity index (χ2n) is 8.39. The standard InChI is InChI=1S/C24H32N2O3/c1-17-9-7-8-10-20(17)15-22(27)26(18(2)23(28)25-24(3,4)5)16-19-11-13-21(29-6)14-12-19/h7-14,18H,15-16H2,1-6H3,(H,25,28). The van der Waals surface area contributed by atoms with Crippen molar-refractivity contribution in [3.05, 3.63) is 65.2 Å². The number of hydrogen-bond donors (Lipinski definition) is 1. The Balaban J connectivity index is 2.26. The molecule has 0 spiro atoms. The maximum Gasteiger partial charge on any atom is 0.242 e. The minimum atomic E-state index is -0.590. The van der Waals surface area contributed by atoms with Gasteiger partial charge in [-0.05, 0) is 63.4 Å². The Morgan fingerprint density at radius 2 is 1.69 bits per heavy atom. The minimum Gasteiger partial charge on any atom is -0.497 e. The first-order valence-corrected chi connectivity index (χ1v) is 9.89. The molecule has 156 valence electrons. The molecule has 0 aromatic heterocycles. The summed E-state index contributed by atoms with van der Waals surface area (Å²) in [7, 11) is 1.62. The van der Waals surface area contributed by atoms with Crippen molar-refractivity contribution in [1.82, 2.24) is 10.2 Å². The molecule has 2 rings (SSSR count). The number of rotatable bonds is 7. The summed E-state index contributed by atoms with van der Waals surface area (Å²) in [5.41, 5.74) is 2.62. The van der Waals surface area contributed by atoms with Crippen molar-refractivity contribution in [3.63, 3.8) is 0 Å². The van der Waals surface area contributed by atoms with E-state index in [0.29, 0.717) is 6.54 Å². The molecule has 0 saturated heterocycles. The van der Waals surface area contributed by atoms with Crippen LogP contribution in [0.2, 0.25) is 0 Å². The predicted octanol–water partition coefficient (Wildman–Crippen LogP) is 3.88. The van der Waals surface area contributed by atoms with Crippen LogP contribution in [-0.2, 0) is 22.6 Å². The fourth-order valence-electron chi connectivity index (χ4n) is 3.06. The van der Waals surface area contributed by atoms with Crippen LogP contribution in [0.4, 0.5) is 0 Å². The molecule has 0 saturated carbocycles. The second kappa shape index (κ2) is 9.59. The van der Waals surface area contributed by atoms with Crippen LogP contribution in [0.1, 0.15) is 44.4 Å². The Morgan fingerprint density at radius 3 is 2.24 bits per heavy atom. The average molecular weight is 397 g/mol. The first-order chi connectivity index (χ1) is 13.6. The number of amides is 2. The van der Waals surface area contributed by atoms with Crippen molar-refractivity contribution >= 4 is 11.8 Å². The summed E-state index contributed by atoms with van der Waals surface area (Å²) in [5.74, 6) is 0.515. The van der Waals surface area contributed by atoms with E-state index in [2.05, 4.69) is 5.32 Å². The zero-order valence-corrected chi connectivity index (χ0v) is 18.3. The lowest BCUT2D eigenvalue weighted by molar-refractivity contribution is -0.140. The highest BCUT2D eigenvalue weighted by atomic mass is 16.5. The van der Waals surface area contributed by atoms with Gasteiger partial charge in [-0.1, -0.05) is 36.4 Å². The minimum absolute atomic E-state index is 0.0772. The van der Waals surface area contributed by atoms with Gasteiger partial charge in [0.1, 0.15) is 11.8 Å². The fourth-order valence-corrected chi connectivity index (χ4v) is 3.06. The van der Waals surface area contributed by atoms with E-state index in [0.717, 1.165) is 22.4 Å². The molecule has 0 heterocycles. The monoisotopic (exact) mass is 396 g/mol. The van der Waals surface area contributed by atoms with Gasteiger partial charge in [-0.3, -0.25) is 9.59 Å². The Kier molecular flexibility index (Phi) is 7.43. The summed E-state index contributed by atoms with van der Waals surface area (Å²) in [6.45, 7) is 9.92. The van der Waals surface area contributed by atoms with Crippen molar-refractivity contribution in [2.45, 2.75) is 59.2 Å². The lowest BCUT2D eigenvalue weighted by atomic mass is 10.0. The number of carbonyl (C=O) groups excluding carboxylic acids is 2. The van der Waals surface area contributed by atoms with Gasteiger partial charge >= 0.3 is 0 Å². The lowest BCUT2D eigenvalue weighted by Crippen LogP contribution is -2.52. The van der Waals surface area contributed by atoms with Gasteiger partial charge in [-0.15, -0.1) is 0 Å². The van der Waals surface area contributed by atoms with Crippen LogP contribution in [0, 0.1) is 6.92 Å².